The first-order valence-corrected chi connectivity index (χ1v) is 7.57. The number of aliphatic hydroxyl groups excluding tert-OH is 1. The van der Waals surface area contributed by atoms with E-state index < -0.39 is 0 Å². The maximum absolute atomic E-state index is 9.70. The van der Waals surface area contributed by atoms with E-state index in [0.29, 0.717) is 0 Å². The SMILES string of the molecule is Cc1cc2ncn(-c3nc4sccn4c3CO)c2cc1C. The second-order valence-electron chi connectivity index (χ2n) is 5.14. The Bertz CT molecular complexity index is 963. The number of aromatic nitrogens is 4. The summed E-state index contributed by atoms with van der Waals surface area (Å²) in [5, 5.41) is 11.7. The van der Waals surface area contributed by atoms with E-state index in [4.69, 9.17) is 0 Å². The molecule has 21 heavy (non-hydrogen) atoms. The Morgan fingerprint density at radius 3 is 2.86 bits per heavy atom. The Morgan fingerprint density at radius 1 is 1.24 bits per heavy atom. The van der Waals surface area contributed by atoms with Gasteiger partial charge in [0, 0.05) is 11.6 Å². The van der Waals surface area contributed by atoms with Gasteiger partial charge < -0.3 is 5.11 Å². The second-order valence-corrected chi connectivity index (χ2v) is 6.01. The summed E-state index contributed by atoms with van der Waals surface area (Å²) in [7, 11) is 0. The number of benzene rings is 1. The number of hydrogen-bond acceptors (Lipinski definition) is 4. The topological polar surface area (TPSA) is 55.4 Å². The van der Waals surface area contributed by atoms with E-state index in [1.807, 2.05) is 20.5 Å². The third kappa shape index (κ3) is 1.73. The van der Waals surface area contributed by atoms with Gasteiger partial charge in [0.15, 0.2) is 10.8 Å². The maximum atomic E-state index is 9.70. The summed E-state index contributed by atoms with van der Waals surface area (Å²) in [5.41, 5.74) is 5.18. The average molecular weight is 298 g/mol. The predicted molar refractivity (Wildman–Crippen MR) is 83.1 cm³/mol. The van der Waals surface area contributed by atoms with Crippen LogP contribution in [0.2, 0.25) is 0 Å². The first-order chi connectivity index (χ1) is 10.2. The van der Waals surface area contributed by atoms with Crippen LogP contribution in [-0.2, 0) is 6.61 Å². The monoisotopic (exact) mass is 298 g/mol. The molecule has 0 aliphatic rings. The van der Waals surface area contributed by atoms with E-state index in [2.05, 4.69) is 35.9 Å². The molecule has 3 aromatic heterocycles. The normalized spacial score (nSPS) is 11.8. The highest BCUT2D eigenvalue weighted by Crippen LogP contribution is 2.25. The lowest BCUT2D eigenvalue weighted by Gasteiger charge is -2.05. The summed E-state index contributed by atoms with van der Waals surface area (Å²) >= 11 is 1.55. The molecule has 1 N–H and O–H groups in total. The highest BCUT2D eigenvalue weighted by Gasteiger charge is 2.16. The lowest BCUT2D eigenvalue weighted by Crippen LogP contribution is -2.00. The van der Waals surface area contributed by atoms with Crippen molar-refractivity contribution in [2.24, 2.45) is 0 Å². The van der Waals surface area contributed by atoms with Crippen molar-refractivity contribution in [1.29, 1.82) is 0 Å². The quantitative estimate of drug-likeness (QED) is 0.619. The van der Waals surface area contributed by atoms with E-state index in [1.54, 1.807) is 17.7 Å². The van der Waals surface area contributed by atoms with Gasteiger partial charge in [-0.2, -0.15) is 0 Å². The number of imidazole rings is 2. The van der Waals surface area contributed by atoms with E-state index in [9.17, 15) is 5.11 Å². The number of aryl methyl sites for hydroxylation is 2. The molecule has 0 amide bonds. The Morgan fingerprint density at radius 2 is 2.05 bits per heavy atom. The number of fused-ring (bicyclic) bond motifs is 2. The van der Waals surface area contributed by atoms with Crippen LogP contribution >= 0.6 is 11.3 Å². The summed E-state index contributed by atoms with van der Waals surface area (Å²) in [4.78, 5) is 9.97. The van der Waals surface area contributed by atoms with E-state index in [-0.39, 0.29) is 6.61 Å². The molecule has 0 spiro atoms. The van der Waals surface area contributed by atoms with Gasteiger partial charge in [-0.25, -0.2) is 9.97 Å². The molecule has 0 saturated carbocycles. The molecule has 5 nitrogen and oxygen atoms in total. The molecule has 0 atom stereocenters. The zero-order valence-electron chi connectivity index (χ0n) is 11.7. The zero-order chi connectivity index (χ0) is 14.6. The highest BCUT2D eigenvalue weighted by molar-refractivity contribution is 7.15. The molecule has 0 bridgehead atoms. The lowest BCUT2D eigenvalue weighted by atomic mass is 10.1. The first-order valence-electron chi connectivity index (χ1n) is 6.69. The second kappa shape index (κ2) is 4.41. The fourth-order valence-electron chi connectivity index (χ4n) is 2.59. The van der Waals surface area contributed by atoms with Gasteiger partial charge in [0.05, 0.1) is 23.3 Å². The molecule has 0 aliphatic heterocycles. The minimum atomic E-state index is -0.0578. The zero-order valence-corrected chi connectivity index (χ0v) is 12.6. The van der Waals surface area contributed by atoms with Crippen molar-refractivity contribution in [1.82, 2.24) is 18.9 Å². The summed E-state index contributed by atoms with van der Waals surface area (Å²) in [6, 6.07) is 4.20. The van der Waals surface area contributed by atoms with Gasteiger partial charge in [-0.15, -0.1) is 11.3 Å². The van der Waals surface area contributed by atoms with Gasteiger partial charge in [0.1, 0.15) is 6.33 Å². The van der Waals surface area contributed by atoms with Crippen LogP contribution in [-0.4, -0.2) is 24.0 Å². The Kier molecular flexibility index (Phi) is 2.63. The molecule has 3 heterocycles. The molecule has 4 aromatic rings. The van der Waals surface area contributed by atoms with Crippen LogP contribution in [0.15, 0.2) is 30.0 Å². The summed E-state index contributed by atoms with van der Waals surface area (Å²) < 4.78 is 3.87. The molecular weight excluding hydrogens is 284 g/mol. The lowest BCUT2D eigenvalue weighted by molar-refractivity contribution is 0.275. The van der Waals surface area contributed by atoms with Crippen LogP contribution in [0.25, 0.3) is 21.8 Å². The molecular formula is C15H14N4OS. The first kappa shape index (κ1) is 12.6. The maximum Gasteiger partial charge on any atom is 0.195 e. The Hall–Kier alpha value is -2.18. The fraction of sp³-hybridized carbons (Fsp3) is 0.200. The fourth-order valence-corrected chi connectivity index (χ4v) is 3.32. The molecule has 0 aliphatic carbocycles. The van der Waals surface area contributed by atoms with E-state index >= 15 is 0 Å². The molecule has 0 unspecified atom stereocenters. The minimum absolute atomic E-state index is 0.0578. The number of rotatable bonds is 2. The van der Waals surface area contributed by atoms with Gasteiger partial charge in [-0.05, 0) is 37.1 Å². The molecule has 4 rings (SSSR count). The number of thiazole rings is 1. The van der Waals surface area contributed by atoms with Crippen molar-refractivity contribution in [3.8, 4) is 5.82 Å². The van der Waals surface area contributed by atoms with Crippen LogP contribution in [0.5, 0.6) is 0 Å². The van der Waals surface area contributed by atoms with Crippen LogP contribution < -0.4 is 0 Å². The van der Waals surface area contributed by atoms with Crippen molar-refractivity contribution in [3.05, 3.63) is 46.9 Å². The summed E-state index contributed by atoms with van der Waals surface area (Å²) in [6.45, 7) is 4.11. The largest absolute Gasteiger partial charge is 0.390 e. The smallest absolute Gasteiger partial charge is 0.195 e. The Balaban J connectivity index is 2.04. The van der Waals surface area contributed by atoms with E-state index in [1.165, 1.54) is 11.1 Å². The van der Waals surface area contributed by atoms with Gasteiger partial charge in [-0.3, -0.25) is 8.97 Å². The summed E-state index contributed by atoms with van der Waals surface area (Å²) in [6.07, 6.45) is 3.70. The molecule has 0 fully saturated rings. The molecule has 106 valence electrons. The van der Waals surface area contributed by atoms with Crippen LogP contribution in [0, 0.1) is 13.8 Å². The number of hydrogen-bond donors (Lipinski definition) is 1. The molecule has 0 radical (unpaired) electrons. The van der Waals surface area contributed by atoms with Crippen molar-refractivity contribution in [2.45, 2.75) is 20.5 Å². The molecule has 0 saturated heterocycles. The van der Waals surface area contributed by atoms with Gasteiger partial charge >= 0.3 is 0 Å². The predicted octanol–water partition coefficient (Wildman–Crippen LogP) is 2.84. The van der Waals surface area contributed by atoms with E-state index in [0.717, 1.165) is 27.5 Å². The van der Waals surface area contributed by atoms with Crippen molar-refractivity contribution < 1.29 is 5.11 Å². The van der Waals surface area contributed by atoms with Gasteiger partial charge in [0.25, 0.3) is 0 Å². The van der Waals surface area contributed by atoms with Crippen molar-refractivity contribution >= 4 is 27.3 Å². The van der Waals surface area contributed by atoms with Crippen molar-refractivity contribution in [2.75, 3.05) is 0 Å². The van der Waals surface area contributed by atoms with Crippen molar-refractivity contribution in [3.63, 3.8) is 0 Å². The standard InChI is InChI=1S/C15H14N4OS/c1-9-5-11-12(6-10(9)2)19(8-16-11)14-13(7-20)18-3-4-21-15(18)17-14/h3-6,8,20H,7H2,1-2H3. The highest BCUT2D eigenvalue weighted by atomic mass is 32.1. The Labute approximate surface area is 125 Å². The molecule has 1 aromatic carbocycles. The average Bonchev–Trinajstić information content (AvgIpc) is 3.12. The third-order valence-corrected chi connectivity index (χ3v) is 4.64. The van der Waals surface area contributed by atoms with Crippen LogP contribution in [0.1, 0.15) is 16.8 Å². The van der Waals surface area contributed by atoms with Crippen LogP contribution in [0.4, 0.5) is 0 Å². The summed E-state index contributed by atoms with van der Waals surface area (Å²) in [5.74, 6) is 0.745. The minimum Gasteiger partial charge on any atom is -0.390 e. The number of nitrogens with zero attached hydrogens (tertiary/aromatic N) is 4. The third-order valence-electron chi connectivity index (χ3n) is 3.88. The van der Waals surface area contributed by atoms with Gasteiger partial charge in [0.2, 0.25) is 0 Å². The number of aliphatic hydroxyl groups is 1. The molecule has 6 heteroatoms. The van der Waals surface area contributed by atoms with Gasteiger partial charge in [-0.1, -0.05) is 0 Å². The van der Waals surface area contributed by atoms with Crippen LogP contribution in [0.3, 0.4) is 0 Å².